The van der Waals surface area contributed by atoms with Crippen molar-refractivity contribution in [1.29, 1.82) is 0 Å². The molecule has 0 unspecified atom stereocenters. The van der Waals surface area contributed by atoms with E-state index in [1.807, 2.05) is 6.92 Å². The van der Waals surface area contributed by atoms with Crippen LogP contribution in [0.15, 0.2) is 11.8 Å². The van der Waals surface area contributed by atoms with Gasteiger partial charge in [-0.2, -0.15) is 0 Å². The number of thiocarbonyl (C=S) groups is 1. The first-order chi connectivity index (χ1) is 4.16. The maximum atomic E-state index is 5.32. The van der Waals surface area contributed by atoms with Crippen LogP contribution in [-0.2, 0) is 4.74 Å². The summed E-state index contributed by atoms with van der Waals surface area (Å²) >= 11 is 4.75. The first-order valence-electron chi connectivity index (χ1n) is 2.77. The summed E-state index contributed by atoms with van der Waals surface area (Å²) in [7, 11) is 0. The molecule has 0 bridgehead atoms. The van der Waals surface area contributed by atoms with Crippen molar-refractivity contribution in [3.63, 3.8) is 0 Å². The quantitative estimate of drug-likeness (QED) is 0.468. The Kier molecular flexibility index (Phi) is 4.05. The zero-order valence-corrected chi connectivity index (χ0v) is 6.49. The van der Waals surface area contributed by atoms with Gasteiger partial charge < -0.3 is 10.5 Å². The SMILES string of the molecule is CCOC(=S)/C=C(/C)N. The fraction of sp³-hybridized carbons (Fsp3) is 0.500. The maximum absolute atomic E-state index is 5.32. The summed E-state index contributed by atoms with van der Waals surface area (Å²) in [5, 5.41) is 0.456. The summed E-state index contributed by atoms with van der Waals surface area (Å²) in [5.74, 6) is 0. The molecule has 2 nitrogen and oxygen atoms in total. The Labute approximate surface area is 60.7 Å². The van der Waals surface area contributed by atoms with Crippen molar-refractivity contribution in [2.75, 3.05) is 6.61 Å². The van der Waals surface area contributed by atoms with Gasteiger partial charge in [0.2, 0.25) is 0 Å². The van der Waals surface area contributed by atoms with Crippen LogP contribution in [-0.4, -0.2) is 11.7 Å². The van der Waals surface area contributed by atoms with Gasteiger partial charge in [-0.25, -0.2) is 0 Å². The fourth-order valence-corrected chi connectivity index (χ4v) is 0.674. The van der Waals surface area contributed by atoms with Gasteiger partial charge in [0, 0.05) is 11.8 Å². The predicted molar refractivity (Wildman–Crippen MR) is 42.2 cm³/mol. The average molecular weight is 145 g/mol. The first-order valence-corrected chi connectivity index (χ1v) is 3.18. The summed E-state index contributed by atoms with van der Waals surface area (Å²) in [5.41, 5.74) is 5.99. The molecule has 0 aliphatic heterocycles. The largest absolute Gasteiger partial charge is 0.484 e. The van der Waals surface area contributed by atoms with Crippen molar-refractivity contribution in [1.82, 2.24) is 0 Å². The molecule has 0 rings (SSSR count). The monoisotopic (exact) mass is 145 g/mol. The van der Waals surface area contributed by atoms with E-state index in [0.717, 1.165) is 0 Å². The van der Waals surface area contributed by atoms with Crippen LogP contribution in [0.2, 0.25) is 0 Å². The lowest BCUT2D eigenvalue weighted by Gasteiger charge is -1.97. The summed E-state index contributed by atoms with van der Waals surface area (Å²) in [6, 6.07) is 0. The van der Waals surface area contributed by atoms with Crippen LogP contribution in [0.4, 0.5) is 0 Å². The zero-order chi connectivity index (χ0) is 7.28. The standard InChI is InChI=1S/C6H11NOS/c1-3-8-6(9)4-5(2)7/h4H,3,7H2,1-2H3/b5-4-. The second-order valence-electron chi connectivity index (χ2n) is 1.64. The van der Waals surface area contributed by atoms with Crippen molar-refractivity contribution >= 4 is 17.3 Å². The second-order valence-corrected chi connectivity index (χ2v) is 2.04. The van der Waals surface area contributed by atoms with Crippen molar-refractivity contribution in [2.24, 2.45) is 5.73 Å². The Balaban J connectivity index is 3.63. The Morgan fingerprint density at radius 1 is 1.78 bits per heavy atom. The van der Waals surface area contributed by atoms with Crippen LogP contribution >= 0.6 is 12.2 Å². The number of allylic oxidation sites excluding steroid dienone is 1. The van der Waals surface area contributed by atoms with Crippen molar-refractivity contribution in [2.45, 2.75) is 13.8 Å². The van der Waals surface area contributed by atoms with E-state index in [1.54, 1.807) is 13.0 Å². The Morgan fingerprint density at radius 2 is 2.33 bits per heavy atom. The first kappa shape index (κ1) is 8.43. The Hall–Kier alpha value is -0.570. The highest BCUT2D eigenvalue weighted by Gasteiger charge is 1.87. The Morgan fingerprint density at radius 3 is 2.67 bits per heavy atom. The fourth-order valence-electron chi connectivity index (χ4n) is 0.370. The number of hydrogen-bond acceptors (Lipinski definition) is 3. The van der Waals surface area contributed by atoms with Crippen LogP contribution in [0.3, 0.4) is 0 Å². The topological polar surface area (TPSA) is 35.2 Å². The lowest BCUT2D eigenvalue weighted by molar-refractivity contribution is 0.339. The van der Waals surface area contributed by atoms with E-state index < -0.39 is 0 Å². The van der Waals surface area contributed by atoms with E-state index in [0.29, 0.717) is 17.4 Å². The van der Waals surface area contributed by atoms with Crippen LogP contribution in [0, 0.1) is 0 Å². The molecule has 0 fully saturated rings. The molecule has 52 valence electrons. The maximum Gasteiger partial charge on any atom is 0.185 e. The molecule has 0 saturated carbocycles. The molecule has 0 aliphatic rings. The molecule has 0 aromatic rings. The lowest BCUT2D eigenvalue weighted by Crippen LogP contribution is -2.01. The Bertz CT molecular complexity index is 127. The average Bonchev–Trinajstić information content (AvgIpc) is 1.63. The van der Waals surface area contributed by atoms with E-state index in [2.05, 4.69) is 0 Å². The van der Waals surface area contributed by atoms with Gasteiger partial charge in [0.1, 0.15) is 0 Å². The third kappa shape index (κ3) is 5.30. The summed E-state index contributed by atoms with van der Waals surface area (Å²) in [6.07, 6.45) is 1.62. The van der Waals surface area contributed by atoms with Gasteiger partial charge in [-0.1, -0.05) is 0 Å². The number of ether oxygens (including phenoxy) is 1. The van der Waals surface area contributed by atoms with Crippen molar-refractivity contribution < 1.29 is 4.74 Å². The van der Waals surface area contributed by atoms with Crippen LogP contribution in [0.5, 0.6) is 0 Å². The zero-order valence-electron chi connectivity index (χ0n) is 5.68. The number of hydrogen-bond donors (Lipinski definition) is 1. The molecular formula is C6H11NOS. The van der Waals surface area contributed by atoms with Gasteiger partial charge in [-0.05, 0) is 26.1 Å². The van der Waals surface area contributed by atoms with E-state index in [9.17, 15) is 0 Å². The van der Waals surface area contributed by atoms with Crippen LogP contribution in [0.1, 0.15) is 13.8 Å². The molecular weight excluding hydrogens is 134 g/mol. The molecule has 0 aromatic heterocycles. The van der Waals surface area contributed by atoms with Crippen LogP contribution in [0.25, 0.3) is 0 Å². The third-order valence-electron chi connectivity index (χ3n) is 0.632. The highest BCUT2D eigenvalue weighted by molar-refractivity contribution is 7.80. The van der Waals surface area contributed by atoms with Crippen molar-refractivity contribution in [3.05, 3.63) is 11.8 Å². The third-order valence-corrected chi connectivity index (χ3v) is 0.868. The normalized spacial score (nSPS) is 11.1. The molecule has 0 spiro atoms. The minimum Gasteiger partial charge on any atom is -0.484 e. The molecule has 2 N–H and O–H groups in total. The van der Waals surface area contributed by atoms with E-state index in [4.69, 9.17) is 22.7 Å². The second kappa shape index (κ2) is 4.32. The summed E-state index contributed by atoms with van der Waals surface area (Å²) in [6.45, 7) is 4.25. The highest BCUT2D eigenvalue weighted by Crippen LogP contribution is 1.87. The van der Waals surface area contributed by atoms with E-state index in [1.165, 1.54) is 0 Å². The minimum absolute atomic E-state index is 0.456. The molecule has 0 radical (unpaired) electrons. The van der Waals surface area contributed by atoms with Crippen molar-refractivity contribution in [3.8, 4) is 0 Å². The summed E-state index contributed by atoms with van der Waals surface area (Å²) in [4.78, 5) is 0. The summed E-state index contributed by atoms with van der Waals surface area (Å²) < 4.78 is 4.93. The van der Waals surface area contributed by atoms with Crippen LogP contribution < -0.4 is 5.73 Å². The molecule has 0 heterocycles. The van der Waals surface area contributed by atoms with Gasteiger partial charge in [0.15, 0.2) is 5.05 Å². The molecule has 0 aromatic carbocycles. The van der Waals surface area contributed by atoms with E-state index >= 15 is 0 Å². The predicted octanol–water partition coefficient (Wildman–Crippen LogP) is 1.21. The highest BCUT2D eigenvalue weighted by atomic mass is 32.1. The molecule has 0 atom stereocenters. The van der Waals surface area contributed by atoms with Gasteiger partial charge in [-0.15, -0.1) is 0 Å². The number of rotatable bonds is 2. The molecule has 0 saturated heterocycles. The van der Waals surface area contributed by atoms with Gasteiger partial charge in [-0.3, -0.25) is 0 Å². The molecule has 0 amide bonds. The molecule has 3 heteroatoms. The van der Waals surface area contributed by atoms with Gasteiger partial charge >= 0.3 is 0 Å². The minimum atomic E-state index is 0.456. The van der Waals surface area contributed by atoms with Gasteiger partial charge in [0.05, 0.1) is 6.61 Å². The molecule has 0 aliphatic carbocycles. The lowest BCUT2D eigenvalue weighted by atomic mass is 10.5. The van der Waals surface area contributed by atoms with Gasteiger partial charge in [0.25, 0.3) is 0 Å². The van der Waals surface area contributed by atoms with E-state index in [-0.39, 0.29) is 0 Å². The molecule has 9 heavy (non-hydrogen) atoms. The number of nitrogens with two attached hydrogens (primary N) is 1. The smallest absolute Gasteiger partial charge is 0.185 e.